The monoisotopic (exact) mass is 229 g/mol. The number of halogens is 1. The van der Waals surface area contributed by atoms with Gasteiger partial charge in [0.2, 0.25) is 5.91 Å². The summed E-state index contributed by atoms with van der Waals surface area (Å²) in [6, 6.07) is 0.355. The second-order valence-electron chi connectivity index (χ2n) is 5.76. The highest BCUT2D eigenvalue weighted by molar-refractivity contribution is 6.27. The lowest BCUT2D eigenvalue weighted by atomic mass is 9.45. The summed E-state index contributed by atoms with van der Waals surface area (Å²) in [7, 11) is 0. The molecule has 2 nitrogen and oxygen atoms in total. The molecule has 2 bridgehead atoms. The van der Waals surface area contributed by atoms with Gasteiger partial charge in [0.15, 0.2) is 0 Å². The molecule has 0 saturated heterocycles. The lowest BCUT2D eigenvalue weighted by Gasteiger charge is -2.62. The third-order valence-electron chi connectivity index (χ3n) is 4.82. The lowest BCUT2D eigenvalue weighted by molar-refractivity contribution is -0.132. The molecule has 0 heterocycles. The first kappa shape index (κ1) is 11.3. The van der Waals surface area contributed by atoms with E-state index in [4.69, 9.17) is 11.6 Å². The fourth-order valence-corrected chi connectivity index (χ4v) is 3.66. The smallest absolute Gasteiger partial charge is 0.235 e. The van der Waals surface area contributed by atoms with E-state index in [1.807, 2.05) is 0 Å². The number of hydrogen-bond acceptors (Lipinski definition) is 1. The molecule has 3 heteroatoms. The highest BCUT2D eigenvalue weighted by Gasteiger charge is 2.56. The molecule has 0 radical (unpaired) electrons. The van der Waals surface area contributed by atoms with E-state index in [1.54, 1.807) is 0 Å². The first-order valence-electron chi connectivity index (χ1n) is 5.82. The van der Waals surface area contributed by atoms with E-state index in [2.05, 4.69) is 26.1 Å². The van der Waals surface area contributed by atoms with Crippen LogP contribution in [0.3, 0.4) is 0 Å². The molecule has 86 valence electrons. The number of nitrogens with one attached hydrogen (secondary N) is 1. The largest absolute Gasteiger partial charge is 0.352 e. The second-order valence-corrected chi connectivity index (χ2v) is 6.03. The van der Waals surface area contributed by atoms with Gasteiger partial charge in [-0.2, -0.15) is 0 Å². The minimum Gasteiger partial charge on any atom is -0.352 e. The number of carbonyl (C=O) groups is 1. The second kappa shape index (κ2) is 3.65. The van der Waals surface area contributed by atoms with Gasteiger partial charge >= 0.3 is 0 Å². The van der Waals surface area contributed by atoms with Crippen molar-refractivity contribution in [2.45, 2.75) is 39.7 Å². The highest BCUT2D eigenvalue weighted by atomic mass is 35.5. The van der Waals surface area contributed by atoms with Crippen molar-refractivity contribution in [3.63, 3.8) is 0 Å². The third-order valence-corrected chi connectivity index (χ3v) is 5.06. The van der Waals surface area contributed by atoms with Gasteiger partial charge in [-0.1, -0.05) is 20.8 Å². The van der Waals surface area contributed by atoms with Crippen molar-refractivity contribution < 1.29 is 4.79 Å². The molecule has 15 heavy (non-hydrogen) atoms. The van der Waals surface area contributed by atoms with Crippen LogP contribution in [0.25, 0.3) is 0 Å². The van der Waals surface area contributed by atoms with E-state index < -0.39 is 0 Å². The first-order valence-corrected chi connectivity index (χ1v) is 6.35. The molecule has 0 aromatic heterocycles. The summed E-state index contributed by atoms with van der Waals surface area (Å²) in [6.07, 6.45) is 2.48. The van der Waals surface area contributed by atoms with Crippen molar-refractivity contribution in [3.8, 4) is 0 Å². The van der Waals surface area contributed by atoms with Crippen LogP contribution in [-0.2, 0) is 4.79 Å². The summed E-state index contributed by atoms with van der Waals surface area (Å²) in [4.78, 5) is 11.3. The Balaban J connectivity index is 1.99. The quantitative estimate of drug-likeness (QED) is 0.724. The molecule has 2 unspecified atom stereocenters. The van der Waals surface area contributed by atoms with Gasteiger partial charge in [-0.15, -0.1) is 11.6 Å². The van der Waals surface area contributed by atoms with Gasteiger partial charge in [0, 0.05) is 6.04 Å². The Labute approximate surface area is 96.8 Å². The Morgan fingerprint density at radius 1 is 1.47 bits per heavy atom. The molecule has 3 aliphatic rings. The van der Waals surface area contributed by atoms with Crippen LogP contribution in [-0.4, -0.2) is 17.8 Å². The summed E-state index contributed by atoms with van der Waals surface area (Å²) >= 11 is 5.51. The molecule has 1 amide bonds. The van der Waals surface area contributed by atoms with Gasteiger partial charge in [-0.3, -0.25) is 4.79 Å². The number of alkyl halides is 1. The maximum absolute atomic E-state index is 11.3. The predicted octanol–water partition coefficient (Wildman–Crippen LogP) is 2.41. The average molecular weight is 230 g/mol. The van der Waals surface area contributed by atoms with E-state index in [-0.39, 0.29) is 11.8 Å². The van der Waals surface area contributed by atoms with Crippen LogP contribution in [0.5, 0.6) is 0 Å². The zero-order chi connectivity index (χ0) is 11.2. The molecule has 1 N–H and O–H groups in total. The van der Waals surface area contributed by atoms with Crippen molar-refractivity contribution in [1.29, 1.82) is 0 Å². The highest BCUT2D eigenvalue weighted by Crippen LogP contribution is 2.61. The topological polar surface area (TPSA) is 29.1 Å². The van der Waals surface area contributed by atoms with Gasteiger partial charge in [-0.25, -0.2) is 0 Å². The Kier molecular flexibility index (Phi) is 2.74. The zero-order valence-corrected chi connectivity index (χ0v) is 10.5. The maximum Gasteiger partial charge on any atom is 0.235 e. The molecule has 3 aliphatic carbocycles. The molecular formula is C12H20ClNO. The predicted molar refractivity (Wildman–Crippen MR) is 61.8 cm³/mol. The first-order chi connectivity index (χ1) is 6.96. The van der Waals surface area contributed by atoms with Gasteiger partial charge in [0.25, 0.3) is 0 Å². The van der Waals surface area contributed by atoms with Gasteiger partial charge in [0.1, 0.15) is 5.88 Å². The fraction of sp³-hybridized carbons (Fsp3) is 0.917. The van der Waals surface area contributed by atoms with Gasteiger partial charge in [0.05, 0.1) is 0 Å². The van der Waals surface area contributed by atoms with Crippen LogP contribution in [0, 0.1) is 23.2 Å². The summed E-state index contributed by atoms with van der Waals surface area (Å²) in [5.74, 6) is 2.23. The normalized spacial score (nSPS) is 41.9. The van der Waals surface area contributed by atoms with E-state index in [0.29, 0.717) is 17.4 Å². The van der Waals surface area contributed by atoms with Crippen molar-refractivity contribution >= 4 is 17.5 Å². The van der Waals surface area contributed by atoms with Crippen LogP contribution in [0.4, 0.5) is 0 Å². The summed E-state index contributed by atoms with van der Waals surface area (Å²) in [5, 5.41) is 3.05. The molecule has 0 spiro atoms. The van der Waals surface area contributed by atoms with Crippen molar-refractivity contribution in [2.75, 3.05) is 5.88 Å². The van der Waals surface area contributed by atoms with Crippen LogP contribution in [0.1, 0.15) is 33.6 Å². The number of amides is 1. The fourth-order valence-electron chi connectivity index (χ4n) is 3.59. The van der Waals surface area contributed by atoms with Gasteiger partial charge in [-0.05, 0) is 36.0 Å². The number of carbonyl (C=O) groups excluding carboxylic acids is 1. The number of fused-ring (bicyclic) bond motifs is 2. The summed E-state index contributed by atoms with van der Waals surface area (Å²) in [5.41, 5.74) is 0.488. The molecule has 3 fully saturated rings. The summed E-state index contributed by atoms with van der Waals surface area (Å²) < 4.78 is 0. The Hall–Kier alpha value is -0.240. The Bertz CT molecular complexity index is 277. The van der Waals surface area contributed by atoms with Crippen molar-refractivity contribution in [1.82, 2.24) is 5.32 Å². The minimum absolute atomic E-state index is 0.0207. The lowest BCUT2D eigenvalue weighted by Crippen LogP contribution is -2.60. The standard InChI is InChI=1S/C12H20ClNO/c1-7-9-4-8(12(9,2)3)5-10(7)14-11(15)6-13/h7-10H,4-6H2,1-3H3,(H,14,15)/t7?,8-,9?,10-/m1/s1. The Morgan fingerprint density at radius 2 is 2.13 bits per heavy atom. The van der Waals surface area contributed by atoms with E-state index in [0.717, 1.165) is 18.3 Å². The SMILES string of the molecule is CC1C2C[C@H](C[C@H]1NC(=O)CCl)C2(C)C. The van der Waals surface area contributed by atoms with E-state index in [1.165, 1.54) is 6.42 Å². The molecule has 3 saturated carbocycles. The van der Waals surface area contributed by atoms with E-state index in [9.17, 15) is 4.79 Å². The van der Waals surface area contributed by atoms with Crippen molar-refractivity contribution in [2.24, 2.45) is 23.2 Å². The number of rotatable bonds is 2. The van der Waals surface area contributed by atoms with Crippen molar-refractivity contribution in [3.05, 3.63) is 0 Å². The minimum atomic E-state index is -0.0207. The van der Waals surface area contributed by atoms with Crippen LogP contribution in [0.15, 0.2) is 0 Å². The molecule has 0 aromatic carbocycles. The van der Waals surface area contributed by atoms with Crippen LogP contribution >= 0.6 is 11.6 Å². The third kappa shape index (κ3) is 1.67. The van der Waals surface area contributed by atoms with Crippen LogP contribution in [0.2, 0.25) is 0 Å². The average Bonchev–Trinajstić information content (AvgIpc) is 2.19. The molecule has 0 aromatic rings. The number of hydrogen-bond donors (Lipinski definition) is 1. The van der Waals surface area contributed by atoms with Gasteiger partial charge < -0.3 is 5.32 Å². The van der Waals surface area contributed by atoms with E-state index >= 15 is 0 Å². The molecule has 3 rings (SSSR count). The van der Waals surface area contributed by atoms with Crippen LogP contribution < -0.4 is 5.32 Å². The summed E-state index contributed by atoms with van der Waals surface area (Å²) in [6.45, 7) is 6.99. The maximum atomic E-state index is 11.3. The zero-order valence-electron chi connectivity index (χ0n) is 9.72. The Morgan fingerprint density at radius 3 is 2.60 bits per heavy atom. The molecular weight excluding hydrogens is 210 g/mol. The molecule has 0 aliphatic heterocycles. The molecule has 4 atom stereocenters.